The lowest BCUT2D eigenvalue weighted by atomic mass is 10.1. The number of thioether (sulfide) groups is 1. The van der Waals surface area contributed by atoms with Gasteiger partial charge in [0.25, 0.3) is 0 Å². The Hall–Kier alpha value is -2.82. The highest BCUT2D eigenvalue weighted by Crippen LogP contribution is 2.24. The van der Waals surface area contributed by atoms with Gasteiger partial charge in [-0.3, -0.25) is 14.3 Å². The molecule has 1 aromatic carbocycles. The molecular weight excluding hydrogens is 410 g/mol. The standard InChI is InChI=1S/C19H19N5O3S2/c1-2-10-24-18(15-4-3-9-21-12-15)22-23-19(24)28-13-16(25)11-14-5-7-17(8-6-14)29(20,26)27/h2-9,12H,1,10-11,13H2,(H2,20,26,27). The van der Waals surface area contributed by atoms with Crippen molar-refractivity contribution in [3.8, 4) is 11.4 Å². The van der Waals surface area contributed by atoms with Crippen LogP contribution in [0.3, 0.4) is 0 Å². The topological polar surface area (TPSA) is 121 Å². The third-order valence-electron chi connectivity index (χ3n) is 3.96. The van der Waals surface area contributed by atoms with Crippen molar-refractivity contribution in [3.63, 3.8) is 0 Å². The molecule has 0 aliphatic heterocycles. The Labute approximate surface area is 172 Å². The Morgan fingerprint density at radius 3 is 2.59 bits per heavy atom. The van der Waals surface area contributed by atoms with Crippen LogP contribution in [0.25, 0.3) is 11.4 Å². The molecular formula is C19H19N5O3S2. The Morgan fingerprint density at radius 2 is 1.97 bits per heavy atom. The predicted octanol–water partition coefficient (Wildman–Crippen LogP) is 2.08. The highest BCUT2D eigenvalue weighted by atomic mass is 32.2. The lowest BCUT2D eigenvalue weighted by Gasteiger charge is -2.07. The predicted molar refractivity (Wildman–Crippen MR) is 111 cm³/mol. The number of primary sulfonamides is 1. The lowest BCUT2D eigenvalue weighted by molar-refractivity contribution is -0.116. The van der Waals surface area contributed by atoms with E-state index in [0.717, 1.165) is 5.56 Å². The van der Waals surface area contributed by atoms with Crippen molar-refractivity contribution in [2.45, 2.75) is 23.0 Å². The molecule has 29 heavy (non-hydrogen) atoms. The van der Waals surface area contributed by atoms with Crippen molar-refractivity contribution in [3.05, 3.63) is 67.0 Å². The molecule has 150 valence electrons. The number of aromatic nitrogens is 4. The van der Waals surface area contributed by atoms with Crippen molar-refractivity contribution >= 4 is 27.6 Å². The molecule has 3 aromatic rings. The van der Waals surface area contributed by atoms with E-state index in [1.54, 1.807) is 30.6 Å². The number of allylic oxidation sites excluding steroid dienone is 1. The first kappa shape index (κ1) is 20.9. The molecule has 2 N–H and O–H groups in total. The van der Waals surface area contributed by atoms with Gasteiger partial charge in [0.1, 0.15) is 5.78 Å². The van der Waals surface area contributed by atoms with E-state index in [1.165, 1.54) is 23.9 Å². The molecule has 0 bridgehead atoms. The summed E-state index contributed by atoms with van der Waals surface area (Å²) in [5, 5.41) is 14.1. The number of carbonyl (C=O) groups is 1. The largest absolute Gasteiger partial charge is 0.298 e. The third kappa shape index (κ3) is 5.37. The van der Waals surface area contributed by atoms with Crippen molar-refractivity contribution in [1.29, 1.82) is 0 Å². The molecule has 0 saturated heterocycles. The van der Waals surface area contributed by atoms with Gasteiger partial charge >= 0.3 is 0 Å². The second-order valence-electron chi connectivity index (χ2n) is 6.14. The average molecular weight is 430 g/mol. The van der Waals surface area contributed by atoms with E-state index in [9.17, 15) is 13.2 Å². The number of hydrogen-bond donors (Lipinski definition) is 1. The second-order valence-corrected chi connectivity index (χ2v) is 8.64. The molecule has 0 atom stereocenters. The van der Waals surface area contributed by atoms with Crippen LogP contribution >= 0.6 is 11.8 Å². The maximum atomic E-state index is 12.4. The molecule has 0 unspecified atom stereocenters. The van der Waals surface area contributed by atoms with Crippen LogP contribution in [0.1, 0.15) is 5.56 Å². The highest BCUT2D eigenvalue weighted by molar-refractivity contribution is 7.99. The number of hydrogen-bond acceptors (Lipinski definition) is 7. The van der Waals surface area contributed by atoms with Crippen LogP contribution in [0.4, 0.5) is 0 Å². The fourth-order valence-corrected chi connectivity index (χ4v) is 3.94. The number of Topliss-reactive ketones (excluding diaryl/α,β-unsaturated/α-hetero) is 1. The van der Waals surface area contributed by atoms with Gasteiger partial charge in [0.05, 0.1) is 10.6 Å². The van der Waals surface area contributed by atoms with Gasteiger partial charge in [-0.15, -0.1) is 16.8 Å². The number of nitrogens with zero attached hydrogens (tertiary/aromatic N) is 4. The van der Waals surface area contributed by atoms with E-state index in [1.807, 2.05) is 16.7 Å². The minimum Gasteiger partial charge on any atom is -0.298 e. The quantitative estimate of drug-likeness (QED) is 0.408. The summed E-state index contributed by atoms with van der Waals surface area (Å²) in [6.07, 6.45) is 5.31. The van der Waals surface area contributed by atoms with Crippen LogP contribution < -0.4 is 5.14 Å². The molecule has 0 saturated carbocycles. The van der Waals surface area contributed by atoms with Gasteiger partial charge in [-0.25, -0.2) is 13.6 Å². The highest BCUT2D eigenvalue weighted by Gasteiger charge is 2.15. The SMILES string of the molecule is C=CCn1c(SCC(=O)Cc2ccc(S(N)(=O)=O)cc2)nnc1-c1cccnc1. The van der Waals surface area contributed by atoms with Crippen molar-refractivity contribution < 1.29 is 13.2 Å². The number of nitrogens with two attached hydrogens (primary N) is 1. The summed E-state index contributed by atoms with van der Waals surface area (Å²) >= 11 is 1.29. The van der Waals surface area contributed by atoms with Crippen molar-refractivity contribution in [2.75, 3.05) is 5.75 Å². The molecule has 0 radical (unpaired) electrons. The first-order valence-corrected chi connectivity index (χ1v) is 11.1. The summed E-state index contributed by atoms with van der Waals surface area (Å²) in [5.74, 6) is 0.847. The maximum Gasteiger partial charge on any atom is 0.238 e. The Morgan fingerprint density at radius 1 is 1.21 bits per heavy atom. The van der Waals surface area contributed by atoms with E-state index in [0.29, 0.717) is 23.1 Å². The second kappa shape index (κ2) is 9.12. The molecule has 0 amide bonds. The van der Waals surface area contributed by atoms with Gasteiger partial charge < -0.3 is 0 Å². The zero-order chi connectivity index (χ0) is 20.9. The minimum atomic E-state index is -3.74. The fraction of sp³-hybridized carbons (Fsp3) is 0.158. The monoisotopic (exact) mass is 429 g/mol. The maximum absolute atomic E-state index is 12.4. The van der Waals surface area contributed by atoms with E-state index in [4.69, 9.17) is 5.14 Å². The molecule has 10 heteroatoms. The zero-order valence-electron chi connectivity index (χ0n) is 15.4. The van der Waals surface area contributed by atoms with E-state index in [-0.39, 0.29) is 22.9 Å². The number of ketones is 1. The molecule has 2 aromatic heterocycles. The van der Waals surface area contributed by atoms with Crippen LogP contribution in [-0.4, -0.2) is 39.7 Å². The van der Waals surface area contributed by atoms with Crippen molar-refractivity contribution in [2.24, 2.45) is 5.14 Å². The molecule has 0 spiro atoms. The number of benzene rings is 1. The smallest absolute Gasteiger partial charge is 0.238 e. The third-order valence-corrected chi connectivity index (χ3v) is 5.92. The van der Waals surface area contributed by atoms with E-state index in [2.05, 4.69) is 21.8 Å². The summed E-state index contributed by atoms with van der Waals surface area (Å²) in [6, 6.07) is 9.67. The summed E-state index contributed by atoms with van der Waals surface area (Å²) in [5.41, 5.74) is 1.54. The number of sulfonamides is 1. The number of carbonyl (C=O) groups excluding carboxylic acids is 1. The Balaban J connectivity index is 1.67. The summed E-state index contributed by atoms with van der Waals surface area (Å²) in [7, 11) is -3.74. The van der Waals surface area contributed by atoms with Gasteiger partial charge in [-0.1, -0.05) is 30.0 Å². The van der Waals surface area contributed by atoms with Gasteiger partial charge in [0.2, 0.25) is 10.0 Å². The number of rotatable bonds is 9. The van der Waals surface area contributed by atoms with Crippen LogP contribution in [-0.2, 0) is 27.8 Å². The lowest BCUT2D eigenvalue weighted by Crippen LogP contribution is -2.12. The number of pyridine rings is 1. The zero-order valence-corrected chi connectivity index (χ0v) is 17.1. The molecule has 8 nitrogen and oxygen atoms in total. The van der Waals surface area contributed by atoms with E-state index >= 15 is 0 Å². The summed E-state index contributed by atoms with van der Waals surface area (Å²) < 4.78 is 24.5. The molecule has 0 aliphatic carbocycles. The average Bonchev–Trinajstić information content (AvgIpc) is 3.10. The van der Waals surface area contributed by atoms with Crippen LogP contribution in [0.5, 0.6) is 0 Å². The van der Waals surface area contributed by atoms with Crippen LogP contribution in [0.2, 0.25) is 0 Å². The van der Waals surface area contributed by atoms with Gasteiger partial charge in [-0.2, -0.15) is 0 Å². The van der Waals surface area contributed by atoms with Crippen LogP contribution in [0, 0.1) is 0 Å². The molecule has 0 fully saturated rings. The summed E-state index contributed by atoms with van der Waals surface area (Å²) in [4.78, 5) is 16.5. The van der Waals surface area contributed by atoms with E-state index < -0.39 is 10.0 Å². The van der Waals surface area contributed by atoms with Crippen molar-refractivity contribution in [1.82, 2.24) is 19.7 Å². The van der Waals surface area contributed by atoms with Gasteiger partial charge in [-0.05, 0) is 29.8 Å². The Kier molecular flexibility index (Phi) is 6.57. The normalized spacial score (nSPS) is 11.3. The molecule has 2 heterocycles. The van der Waals surface area contributed by atoms with Crippen LogP contribution in [0.15, 0.2) is 71.5 Å². The molecule has 3 rings (SSSR count). The first-order valence-electron chi connectivity index (χ1n) is 8.59. The minimum absolute atomic E-state index is 0.0172. The Bertz CT molecular complexity index is 1110. The first-order chi connectivity index (χ1) is 13.9. The summed E-state index contributed by atoms with van der Waals surface area (Å²) in [6.45, 7) is 4.27. The molecule has 0 aliphatic rings. The van der Waals surface area contributed by atoms with Gasteiger partial charge in [0.15, 0.2) is 11.0 Å². The van der Waals surface area contributed by atoms with Gasteiger partial charge in [0, 0.05) is 30.9 Å². The fourth-order valence-electron chi connectivity index (χ4n) is 2.62.